The number of aromatic nitrogens is 2. The van der Waals surface area contributed by atoms with E-state index in [1.54, 1.807) is 0 Å². The second kappa shape index (κ2) is 7.32. The molecule has 3 rings (SSSR count). The Balaban J connectivity index is 1.73. The van der Waals surface area contributed by atoms with E-state index in [2.05, 4.69) is 65.3 Å². The van der Waals surface area contributed by atoms with Crippen molar-refractivity contribution >= 4 is 5.69 Å². The maximum absolute atomic E-state index is 5.49. The molecule has 1 saturated heterocycles. The number of likely N-dealkylation sites (N-methyl/N-ethyl adjacent to an activating group) is 1. The topological polar surface area (TPSA) is 57.4 Å². The number of piperazine rings is 1. The molecule has 1 fully saturated rings. The van der Waals surface area contributed by atoms with Crippen molar-refractivity contribution < 1.29 is 4.52 Å². The zero-order valence-corrected chi connectivity index (χ0v) is 15.0. The summed E-state index contributed by atoms with van der Waals surface area (Å²) in [6.45, 7) is 8.33. The molecule has 2 aromatic rings. The normalized spacial score (nSPS) is 19.0. The van der Waals surface area contributed by atoms with Crippen molar-refractivity contribution in [2.24, 2.45) is 5.92 Å². The summed E-state index contributed by atoms with van der Waals surface area (Å²) in [4.78, 5) is 9.12. The number of nitrogens with one attached hydrogen (secondary N) is 1. The molecular weight excluding hydrogens is 302 g/mol. The molecule has 24 heavy (non-hydrogen) atoms. The first-order chi connectivity index (χ1) is 11.5. The molecule has 0 bridgehead atoms. The smallest absolute Gasteiger partial charge is 0.257 e. The summed E-state index contributed by atoms with van der Waals surface area (Å²) in [5, 5.41) is 7.56. The van der Waals surface area contributed by atoms with Crippen LogP contribution in [-0.4, -0.2) is 55.3 Å². The number of hydrogen-bond donors (Lipinski definition) is 1. The second-order valence-electron chi connectivity index (χ2n) is 6.98. The number of hydrogen-bond acceptors (Lipinski definition) is 6. The third-order valence-electron chi connectivity index (χ3n) is 4.44. The first kappa shape index (κ1) is 16.9. The first-order valence-corrected chi connectivity index (χ1v) is 8.60. The molecule has 1 atom stereocenters. The Kier molecular flexibility index (Phi) is 5.16. The van der Waals surface area contributed by atoms with Crippen molar-refractivity contribution in [2.45, 2.75) is 19.9 Å². The van der Waals surface area contributed by atoms with Gasteiger partial charge in [0.15, 0.2) is 5.82 Å². The van der Waals surface area contributed by atoms with Crippen LogP contribution in [0.4, 0.5) is 5.69 Å². The largest absolute Gasteiger partial charge is 0.374 e. The third-order valence-corrected chi connectivity index (χ3v) is 4.44. The lowest BCUT2D eigenvalue weighted by atomic mass is 10.1. The standard InChI is InChI=1S/C18H27N5O/c1-13(2)12-23(4)15-7-5-14(6-8-15)18-20-17(21-24-18)16-11-19-9-10-22(16)3/h5-8,13,16,19H,9-12H2,1-4H3. The van der Waals surface area contributed by atoms with E-state index >= 15 is 0 Å². The van der Waals surface area contributed by atoms with Crippen molar-refractivity contribution in [1.82, 2.24) is 20.4 Å². The molecule has 1 aromatic heterocycles. The zero-order chi connectivity index (χ0) is 17.1. The average Bonchev–Trinajstić information content (AvgIpc) is 3.04. The van der Waals surface area contributed by atoms with E-state index in [0.717, 1.165) is 37.6 Å². The van der Waals surface area contributed by atoms with E-state index in [4.69, 9.17) is 4.52 Å². The van der Waals surface area contributed by atoms with Crippen LogP contribution >= 0.6 is 0 Å². The fourth-order valence-corrected chi connectivity index (χ4v) is 3.09. The lowest BCUT2D eigenvalue weighted by molar-refractivity contribution is 0.190. The van der Waals surface area contributed by atoms with Gasteiger partial charge in [0.2, 0.25) is 0 Å². The average molecular weight is 329 g/mol. The van der Waals surface area contributed by atoms with Gasteiger partial charge in [0.05, 0.1) is 6.04 Å². The second-order valence-corrected chi connectivity index (χ2v) is 6.98. The molecule has 6 heteroatoms. The van der Waals surface area contributed by atoms with Crippen LogP contribution in [-0.2, 0) is 0 Å². The van der Waals surface area contributed by atoms with Gasteiger partial charge in [-0.3, -0.25) is 4.90 Å². The molecule has 1 N–H and O–H groups in total. The maximum Gasteiger partial charge on any atom is 0.257 e. The van der Waals surface area contributed by atoms with Crippen LogP contribution in [0.15, 0.2) is 28.8 Å². The van der Waals surface area contributed by atoms with Crippen molar-refractivity contribution in [2.75, 3.05) is 45.2 Å². The fourth-order valence-electron chi connectivity index (χ4n) is 3.09. The van der Waals surface area contributed by atoms with E-state index in [-0.39, 0.29) is 6.04 Å². The van der Waals surface area contributed by atoms with Gasteiger partial charge >= 0.3 is 0 Å². The van der Waals surface area contributed by atoms with E-state index in [1.807, 2.05) is 12.1 Å². The third kappa shape index (κ3) is 3.76. The minimum Gasteiger partial charge on any atom is -0.374 e. The van der Waals surface area contributed by atoms with E-state index in [9.17, 15) is 0 Å². The molecule has 6 nitrogen and oxygen atoms in total. The van der Waals surface area contributed by atoms with Crippen molar-refractivity contribution in [3.63, 3.8) is 0 Å². The SMILES string of the molecule is CC(C)CN(C)c1ccc(-c2nc(C3CNCCN3C)no2)cc1. The highest BCUT2D eigenvalue weighted by Crippen LogP contribution is 2.24. The molecule has 1 aromatic carbocycles. The highest BCUT2D eigenvalue weighted by molar-refractivity contribution is 5.59. The Bertz CT molecular complexity index is 652. The number of nitrogens with zero attached hydrogens (tertiary/aromatic N) is 4. The summed E-state index contributed by atoms with van der Waals surface area (Å²) >= 11 is 0. The van der Waals surface area contributed by atoms with Gasteiger partial charge in [-0.05, 0) is 37.2 Å². The Morgan fingerprint density at radius 2 is 2.08 bits per heavy atom. The molecule has 1 aliphatic rings. The molecule has 0 radical (unpaired) electrons. The highest BCUT2D eigenvalue weighted by Gasteiger charge is 2.25. The summed E-state index contributed by atoms with van der Waals surface area (Å²) in [7, 11) is 4.21. The van der Waals surface area contributed by atoms with Gasteiger partial charge in [-0.15, -0.1) is 0 Å². The molecule has 130 valence electrons. The van der Waals surface area contributed by atoms with Gasteiger partial charge < -0.3 is 14.7 Å². The van der Waals surface area contributed by atoms with Gasteiger partial charge in [0, 0.05) is 44.5 Å². The summed E-state index contributed by atoms with van der Waals surface area (Å²) in [5.74, 6) is 1.97. The van der Waals surface area contributed by atoms with Crippen molar-refractivity contribution in [3.05, 3.63) is 30.1 Å². The molecule has 1 aliphatic heterocycles. The molecular formula is C18H27N5O. The Labute approximate surface area is 143 Å². The Hall–Kier alpha value is -1.92. The first-order valence-electron chi connectivity index (χ1n) is 8.60. The van der Waals surface area contributed by atoms with Gasteiger partial charge in [-0.2, -0.15) is 4.98 Å². The minimum atomic E-state index is 0.174. The van der Waals surface area contributed by atoms with Crippen molar-refractivity contribution in [3.8, 4) is 11.5 Å². The molecule has 0 saturated carbocycles. The fraction of sp³-hybridized carbons (Fsp3) is 0.556. The Morgan fingerprint density at radius 3 is 2.75 bits per heavy atom. The molecule has 1 unspecified atom stereocenters. The van der Waals surface area contributed by atoms with Crippen LogP contribution in [0.3, 0.4) is 0 Å². The van der Waals surface area contributed by atoms with Crippen LogP contribution in [0.25, 0.3) is 11.5 Å². The lowest BCUT2D eigenvalue weighted by Gasteiger charge is -2.30. The number of anilines is 1. The van der Waals surface area contributed by atoms with Crippen LogP contribution in [0.5, 0.6) is 0 Å². The monoisotopic (exact) mass is 329 g/mol. The van der Waals surface area contributed by atoms with E-state index in [0.29, 0.717) is 11.8 Å². The Morgan fingerprint density at radius 1 is 1.33 bits per heavy atom. The van der Waals surface area contributed by atoms with Gasteiger partial charge in [-0.1, -0.05) is 19.0 Å². The molecule has 0 amide bonds. The van der Waals surface area contributed by atoms with Gasteiger partial charge in [0.25, 0.3) is 5.89 Å². The molecule has 0 aliphatic carbocycles. The predicted octanol–water partition coefficient (Wildman–Crippen LogP) is 2.40. The van der Waals surface area contributed by atoms with E-state index < -0.39 is 0 Å². The van der Waals surface area contributed by atoms with Crippen LogP contribution in [0.1, 0.15) is 25.7 Å². The minimum absolute atomic E-state index is 0.174. The summed E-state index contributed by atoms with van der Waals surface area (Å²) in [6, 6.07) is 8.48. The quantitative estimate of drug-likeness (QED) is 0.909. The summed E-state index contributed by atoms with van der Waals surface area (Å²) in [6.07, 6.45) is 0. The van der Waals surface area contributed by atoms with Crippen LogP contribution < -0.4 is 10.2 Å². The lowest BCUT2D eigenvalue weighted by Crippen LogP contribution is -2.44. The van der Waals surface area contributed by atoms with Gasteiger partial charge in [0.1, 0.15) is 0 Å². The predicted molar refractivity (Wildman–Crippen MR) is 96.1 cm³/mol. The number of benzene rings is 1. The molecule has 2 heterocycles. The van der Waals surface area contributed by atoms with Crippen molar-refractivity contribution in [1.29, 1.82) is 0 Å². The zero-order valence-electron chi connectivity index (χ0n) is 15.0. The maximum atomic E-state index is 5.49. The molecule has 0 spiro atoms. The highest BCUT2D eigenvalue weighted by atomic mass is 16.5. The summed E-state index contributed by atoms with van der Waals surface area (Å²) < 4.78 is 5.49. The van der Waals surface area contributed by atoms with Crippen LogP contribution in [0.2, 0.25) is 0 Å². The van der Waals surface area contributed by atoms with E-state index in [1.165, 1.54) is 5.69 Å². The summed E-state index contributed by atoms with van der Waals surface area (Å²) in [5.41, 5.74) is 2.16. The number of rotatable bonds is 5. The van der Waals surface area contributed by atoms with Crippen LogP contribution in [0, 0.1) is 5.92 Å². The van der Waals surface area contributed by atoms with Gasteiger partial charge in [-0.25, -0.2) is 0 Å².